The average molecular weight is 376 g/mol. The number of benzene rings is 2. The molecule has 1 aliphatic heterocycles. The van der Waals surface area contributed by atoms with Gasteiger partial charge in [0.15, 0.2) is 6.10 Å². The smallest absolute Gasteiger partial charge is 0.335 e. The zero-order chi connectivity index (χ0) is 18.9. The van der Waals surface area contributed by atoms with Crippen LogP contribution in [-0.4, -0.2) is 31.5 Å². The molecule has 0 aromatic heterocycles. The number of amides is 1. The molecular formula is C17H16N2O6S. The third kappa shape index (κ3) is 3.68. The summed E-state index contributed by atoms with van der Waals surface area (Å²) in [4.78, 5) is 22.5. The van der Waals surface area contributed by atoms with E-state index in [-0.39, 0.29) is 22.9 Å². The van der Waals surface area contributed by atoms with Gasteiger partial charge in [-0.1, -0.05) is 12.1 Å². The van der Waals surface area contributed by atoms with Gasteiger partial charge >= 0.3 is 5.97 Å². The zero-order valence-corrected chi connectivity index (χ0v) is 14.5. The van der Waals surface area contributed by atoms with Crippen molar-refractivity contribution >= 4 is 27.6 Å². The van der Waals surface area contributed by atoms with Crippen LogP contribution < -0.4 is 14.8 Å². The van der Waals surface area contributed by atoms with Crippen LogP contribution in [0.25, 0.3) is 0 Å². The van der Waals surface area contributed by atoms with E-state index < -0.39 is 22.1 Å². The molecule has 0 fully saturated rings. The Morgan fingerprint density at radius 1 is 1.23 bits per heavy atom. The number of sulfonamides is 1. The summed E-state index contributed by atoms with van der Waals surface area (Å²) in [6.07, 6.45) is -0.642. The van der Waals surface area contributed by atoms with Crippen molar-refractivity contribution in [1.82, 2.24) is 4.72 Å². The molecule has 1 amide bonds. The van der Waals surface area contributed by atoms with Crippen molar-refractivity contribution in [2.75, 3.05) is 5.32 Å². The standard InChI is InChI=1S/C17H16N2O6S/c1-10-16(20)19-14-8-13(6-7-15(14)25-10)26(23,24)18-9-11-2-4-12(5-3-11)17(21)22/h2-8,10,18H,9H2,1H3,(H,19,20)(H,21,22)/t10-/m0/s1. The van der Waals surface area contributed by atoms with Crippen LogP contribution in [0, 0.1) is 0 Å². The van der Waals surface area contributed by atoms with Gasteiger partial charge < -0.3 is 15.2 Å². The van der Waals surface area contributed by atoms with Gasteiger partial charge in [0.25, 0.3) is 5.91 Å². The van der Waals surface area contributed by atoms with E-state index in [4.69, 9.17) is 9.84 Å². The summed E-state index contributed by atoms with van der Waals surface area (Å²) >= 11 is 0. The number of anilines is 1. The van der Waals surface area contributed by atoms with E-state index in [0.29, 0.717) is 17.0 Å². The summed E-state index contributed by atoms with van der Waals surface area (Å²) in [6.45, 7) is 1.60. The largest absolute Gasteiger partial charge is 0.479 e. The van der Waals surface area contributed by atoms with Crippen LogP contribution in [0.4, 0.5) is 5.69 Å². The SMILES string of the molecule is C[C@@H]1Oc2ccc(S(=O)(=O)NCc3ccc(C(=O)O)cc3)cc2NC1=O. The van der Waals surface area contributed by atoms with Gasteiger partial charge in [0.2, 0.25) is 10.0 Å². The number of carboxylic acid groups (broad SMARTS) is 1. The van der Waals surface area contributed by atoms with E-state index in [1.807, 2.05) is 0 Å². The molecule has 2 aromatic rings. The molecule has 0 spiro atoms. The first kappa shape index (κ1) is 17.9. The van der Waals surface area contributed by atoms with Crippen molar-refractivity contribution < 1.29 is 27.9 Å². The fourth-order valence-electron chi connectivity index (χ4n) is 2.38. The molecule has 2 aromatic carbocycles. The molecule has 0 bridgehead atoms. The number of aromatic carboxylic acids is 1. The highest BCUT2D eigenvalue weighted by molar-refractivity contribution is 7.89. The lowest BCUT2D eigenvalue weighted by Gasteiger charge is -2.23. The predicted octanol–water partition coefficient (Wildman–Crippen LogP) is 1.58. The number of carbonyl (C=O) groups is 2. The van der Waals surface area contributed by atoms with E-state index in [1.165, 1.54) is 42.5 Å². The summed E-state index contributed by atoms with van der Waals surface area (Å²) in [5.74, 6) is -0.997. The Kier molecular flexibility index (Phi) is 4.66. The van der Waals surface area contributed by atoms with Crippen molar-refractivity contribution in [3.63, 3.8) is 0 Å². The third-order valence-electron chi connectivity index (χ3n) is 3.86. The van der Waals surface area contributed by atoms with Crippen LogP contribution in [0.5, 0.6) is 5.75 Å². The molecule has 1 aliphatic rings. The van der Waals surface area contributed by atoms with Crippen LogP contribution in [-0.2, 0) is 21.4 Å². The minimum atomic E-state index is -3.82. The van der Waals surface area contributed by atoms with Crippen molar-refractivity contribution in [2.24, 2.45) is 0 Å². The number of carbonyl (C=O) groups excluding carboxylic acids is 1. The summed E-state index contributed by atoms with van der Waals surface area (Å²) < 4.78 is 32.7. The van der Waals surface area contributed by atoms with E-state index in [2.05, 4.69) is 10.0 Å². The fourth-order valence-corrected chi connectivity index (χ4v) is 3.43. The number of hydrogen-bond donors (Lipinski definition) is 3. The van der Waals surface area contributed by atoms with Gasteiger partial charge in [0.05, 0.1) is 16.1 Å². The number of ether oxygens (including phenoxy) is 1. The monoisotopic (exact) mass is 376 g/mol. The first-order valence-corrected chi connectivity index (χ1v) is 9.18. The highest BCUT2D eigenvalue weighted by Gasteiger charge is 2.25. The Balaban J connectivity index is 1.75. The molecule has 3 N–H and O–H groups in total. The van der Waals surface area contributed by atoms with Crippen LogP contribution in [0.15, 0.2) is 47.4 Å². The maximum absolute atomic E-state index is 12.5. The Bertz CT molecular complexity index is 969. The fraction of sp³-hybridized carbons (Fsp3) is 0.176. The topological polar surface area (TPSA) is 122 Å². The van der Waals surface area contributed by atoms with Gasteiger partial charge in [-0.25, -0.2) is 17.9 Å². The molecule has 136 valence electrons. The average Bonchev–Trinajstić information content (AvgIpc) is 2.61. The Hall–Kier alpha value is -2.91. The van der Waals surface area contributed by atoms with Crippen LogP contribution in [0.3, 0.4) is 0 Å². The van der Waals surface area contributed by atoms with E-state index in [9.17, 15) is 18.0 Å². The molecular weight excluding hydrogens is 360 g/mol. The summed E-state index contributed by atoms with van der Waals surface area (Å²) in [7, 11) is -3.82. The second-order valence-electron chi connectivity index (χ2n) is 5.73. The second kappa shape index (κ2) is 6.77. The number of fused-ring (bicyclic) bond motifs is 1. The van der Waals surface area contributed by atoms with Crippen molar-refractivity contribution in [3.8, 4) is 5.75 Å². The Morgan fingerprint density at radius 3 is 2.58 bits per heavy atom. The minimum Gasteiger partial charge on any atom is -0.479 e. The van der Waals surface area contributed by atoms with E-state index in [0.717, 1.165) is 0 Å². The number of nitrogens with one attached hydrogen (secondary N) is 2. The highest BCUT2D eigenvalue weighted by Crippen LogP contribution is 2.31. The van der Waals surface area contributed by atoms with E-state index >= 15 is 0 Å². The maximum atomic E-state index is 12.5. The predicted molar refractivity (Wildman–Crippen MR) is 92.6 cm³/mol. The molecule has 8 nitrogen and oxygen atoms in total. The summed E-state index contributed by atoms with van der Waals surface area (Å²) in [6, 6.07) is 10.1. The van der Waals surface area contributed by atoms with Crippen LogP contribution in [0.2, 0.25) is 0 Å². The quantitative estimate of drug-likeness (QED) is 0.728. The molecule has 0 aliphatic carbocycles. The summed E-state index contributed by atoms with van der Waals surface area (Å²) in [5, 5.41) is 11.5. The number of hydrogen-bond acceptors (Lipinski definition) is 5. The molecule has 1 heterocycles. The van der Waals surface area contributed by atoms with Gasteiger partial charge in [-0.3, -0.25) is 4.79 Å². The minimum absolute atomic E-state index is 0.000783. The Morgan fingerprint density at radius 2 is 1.92 bits per heavy atom. The van der Waals surface area contributed by atoms with Gasteiger partial charge in [-0.05, 0) is 42.8 Å². The molecule has 1 atom stereocenters. The summed E-state index contributed by atoms with van der Waals surface area (Å²) in [5.41, 5.74) is 1.03. The first-order valence-electron chi connectivity index (χ1n) is 7.70. The third-order valence-corrected chi connectivity index (χ3v) is 5.26. The van der Waals surface area contributed by atoms with Gasteiger partial charge in [0.1, 0.15) is 5.75 Å². The molecule has 26 heavy (non-hydrogen) atoms. The number of rotatable bonds is 5. The molecule has 9 heteroatoms. The molecule has 0 saturated carbocycles. The lowest BCUT2D eigenvalue weighted by atomic mass is 10.1. The van der Waals surface area contributed by atoms with E-state index in [1.54, 1.807) is 6.92 Å². The van der Waals surface area contributed by atoms with Gasteiger partial charge in [-0.2, -0.15) is 0 Å². The number of carboxylic acids is 1. The van der Waals surface area contributed by atoms with Crippen molar-refractivity contribution in [3.05, 3.63) is 53.6 Å². The zero-order valence-electron chi connectivity index (χ0n) is 13.7. The molecule has 3 rings (SSSR count). The molecule has 0 unspecified atom stereocenters. The van der Waals surface area contributed by atoms with Crippen molar-refractivity contribution in [1.29, 1.82) is 0 Å². The second-order valence-corrected chi connectivity index (χ2v) is 7.50. The van der Waals surface area contributed by atoms with Crippen LogP contribution >= 0.6 is 0 Å². The molecule has 0 saturated heterocycles. The Labute approximate surface area is 149 Å². The normalized spacial score (nSPS) is 16.3. The lowest BCUT2D eigenvalue weighted by molar-refractivity contribution is -0.122. The maximum Gasteiger partial charge on any atom is 0.335 e. The van der Waals surface area contributed by atoms with Gasteiger partial charge in [-0.15, -0.1) is 0 Å². The van der Waals surface area contributed by atoms with Crippen LogP contribution in [0.1, 0.15) is 22.8 Å². The van der Waals surface area contributed by atoms with Gasteiger partial charge in [0, 0.05) is 6.54 Å². The lowest BCUT2D eigenvalue weighted by Crippen LogP contribution is -2.34. The highest BCUT2D eigenvalue weighted by atomic mass is 32.2. The molecule has 0 radical (unpaired) electrons. The van der Waals surface area contributed by atoms with Crippen molar-refractivity contribution in [2.45, 2.75) is 24.5 Å². The first-order chi connectivity index (χ1) is 12.3.